The summed E-state index contributed by atoms with van der Waals surface area (Å²) >= 11 is 0. The molecular weight excluding hydrogens is 166 g/mol. The number of carboxylic acid groups (broad SMARTS) is 1. The molecule has 0 saturated carbocycles. The lowest BCUT2D eigenvalue weighted by Gasteiger charge is -2.13. The van der Waals surface area contributed by atoms with Crippen LogP contribution >= 0.6 is 12.4 Å². The Morgan fingerprint density at radius 3 is 2.36 bits per heavy atom. The fourth-order valence-corrected chi connectivity index (χ4v) is 1.54. The van der Waals surface area contributed by atoms with Crippen LogP contribution in [-0.4, -0.2) is 35.6 Å². The summed E-state index contributed by atoms with van der Waals surface area (Å²) in [5.41, 5.74) is 0. The highest BCUT2D eigenvalue weighted by atomic mass is 35.5. The molecule has 0 spiro atoms. The van der Waals surface area contributed by atoms with Crippen LogP contribution in [0.4, 0.5) is 0 Å². The summed E-state index contributed by atoms with van der Waals surface area (Å²) in [4.78, 5) is 12.4. The zero-order valence-electron chi connectivity index (χ0n) is 6.78. The van der Waals surface area contributed by atoms with Crippen LogP contribution in [0, 0.1) is 5.92 Å². The molecule has 0 amide bonds. The maximum atomic E-state index is 10.5. The maximum Gasteiger partial charge on any atom is 0.320 e. The first-order valence-corrected chi connectivity index (χ1v) is 3.54. The van der Waals surface area contributed by atoms with Gasteiger partial charge in [-0.15, -0.1) is 12.4 Å². The van der Waals surface area contributed by atoms with Gasteiger partial charge < -0.3 is 5.11 Å². The molecular formula is C7H14ClNO2. The molecule has 1 aliphatic rings. The van der Waals surface area contributed by atoms with Crippen LogP contribution < -0.4 is 0 Å². The standard InChI is InChI=1S/C7H13NO2.ClH/c1-5-3-6(7(9)10)8(2)4-5;/h5-6H,3-4H2,1-2H3,(H,9,10);1H. The molecule has 1 N–H and O–H groups in total. The summed E-state index contributed by atoms with van der Waals surface area (Å²) in [6.07, 6.45) is 0.797. The topological polar surface area (TPSA) is 40.5 Å². The Balaban J connectivity index is 0.000001000. The fraction of sp³-hybridized carbons (Fsp3) is 0.857. The van der Waals surface area contributed by atoms with E-state index in [1.165, 1.54) is 0 Å². The van der Waals surface area contributed by atoms with Gasteiger partial charge in [0.25, 0.3) is 0 Å². The SMILES string of the molecule is CC1CC(C(=O)O)N(C)C1.Cl. The van der Waals surface area contributed by atoms with Crippen LogP contribution in [0.1, 0.15) is 13.3 Å². The number of rotatable bonds is 1. The van der Waals surface area contributed by atoms with Gasteiger partial charge >= 0.3 is 5.97 Å². The largest absolute Gasteiger partial charge is 0.480 e. The van der Waals surface area contributed by atoms with E-state index in [2.05, 4.69) is 6.92 Å². The number of aliphatic carboxylic acids is 1. The van der Waals surface area contributed by atoms with Crippen molar-refractivity contribution < 1.29 is 9.90 Å². The Morgan fingerprint density at radius 1 is 1.64 bits per heavy atom. The third kappa shape index (κ3) is 2.34. The van der Waals surface area contributed by atoms with Gasteiger partial charge in [0, 0.05) is 6.54 Å². The van der Waals surface area contributed by atoms with Crippen molar-refractivity contribution in [1.29, 1.82) is 0 Å². The zero-order valence-corrected chi connectivity index (χ0v) is 7.60. The van der Waals surface area contributed by atoms with Gasteiger partial charge in [0.1, 0.15) is 6.04 Å². The third-order valence-electron chi connectivity index (χ3n) is 2.04. The second-order valence-electron chi connectivity index (χ2n) is 3.13. The van der Waals surface area contributed by atoms with Gasteiger partial charge in [0.2, 0.25) is 0 Å². The highest BCUT2D eigenvalue weighted by Gasteiger charge is 2.31. The molecule has 3 nitrogen and oxygen atoms in total. The zero-order chi connectivity index (χ0) is 7.72. The summed E-state index contributed by atoms with van der Waals surface area (Å²) in [5, 5.41) is 8.66. The van der Waals surface area contributed by atoms with Crippen LogP contribution in [0.2, 0.25) is 0 Å². The van der Waals surface area contributed by atoms with E-state index in [9.17, 15) is 4.79 Å². The molecule has 0 bridgehead atoms. The van der Waals surface area contributed by atoms with Gasteiger partial charge in [-0.25, -0.2) is 0 Å². The lowest BCUT2D eigenvalue weighted by atomic mass is 10.1. The van der Waals surface area contributed by atoms with Crippen LogP contribution in [0.3, 0.4) is 0 Å². The molecule has 0 aromatic rings. The first-order chi connectivity index (χ1) is 4.61. The van der Waals surface area contributed by atoms with Gasteiger partial charge in [-0.3, -0.25) is 9.69 Å². The van der Waals surface area contributed by atoms with E-state index in [1.54, 1.807) is 0 Å². The molecule has 0 radical (unpaired) electrons. The number of nitrogens with zero attached hydrogens (tertiary/aromatic N) is 1. The minimum atomic E-state index is -0.688. The van der Waals surface area contributed by atoms with E-state index in [-0.39, 0.29) is 18.4 Å². The summed E-state index contributed by atoms with van der Waals surface area (Å²) in [7, 11) is 1.86. The van der Waals surface area contributed by atoms with E-state index < -0.39 is 5.97 Å². The molecule has 1 rings (SSSR count). The smallest absolute Gasteiger partial charge is 0.320 e. The average molecular weight is 180 g/mol. The minimum Gasteiger partial charge on any atom is -0.480 e. The number of hydrogen-bond donors (Lipinski definition) is 1. The van der Waals surface area contributed by atoms with Gasteiger partial charge in [-0.1, -0.05) is 6.92 Å². The Labute approximate surface area is 72.8 Å². The number of carboxylic acids is 1. The van der Waals surface area contributed by atoms with Crippen molar-refractivity contribution in [3.63, 3.8) is 0 Å². The highest BCUT2D eigenvalue weighted by molar-refractivity contribution is 5.85. The van der Waals surface area contributed by atoms with Gasteiger partial charge in [-0.2, -0.15) is 0 Å². The minimum absolute atomic E-state index is 0. The van der Waals surface area contributed by atoms with Gasteiger partial charge in [0.05, 0.1) is 0 Å². The van der Waals surface area contributed by atoms with Gasteiger partial charge in [-0.05, 0) is 19.4 Å². The molecule has 11 heavy (non-hydrogen) atoms. The molecule has 0 aromatic carbocycles. The average Bonchev–Trinajstić information content (AvgIpc) is 2.10. The molecule has 2 unspecified atom stereocenters. The monoisotopic (exact) mass is 179 g/mol. The Morgan fingerprint density at radius 2 is 2.18 bits per heavy atom. The van der Waals surface area contributed by atoms with E-state index in [0.717, 1.165) is 13.0 Å². The van der Waals surface area contributed by atoms with Crippen molar-refractivity contribution in [2.75, 3.05) is 13.6 Å². The van der Waals surface area contributed by atoms with E-state index in [1.807, 2.05) is 11.9 Å². The summed E-state index contributed by atoms with van der Waals surface area (Å²) in [5.74, 6) is -0.155. The number of likely N-dealkylation sites (N-methyl/N-ethyl adjacent to an activating group) is 1. The van der Waals surface area contributed by atoms with Crippen molar-refractivity contribution >= 4 is 18.4 Å². The lowest BCUT2D eigenvalue weighted by Crippen LogP contribution is -2.32. The Hall–Kier alpha value is -0.280. The van der Waals surface area contributed by atoms with Crippen LogP contribution in [-0.2, 0) is 4.79 Å². The molecule has 1 aliphatic heterocycles. The van der Waals surface area contributed by atoms with Crippen molar-refractivity contribution in [1.82, 2.24) is 4.90 Å². The second-order valence-corrected chi connectivity index (χ2v) is 3.13. The van der Waals surface area contributed by atoms with Crippen molar-refractivity contribution in [2.24, 2.45) is 5.92 Å². The number of halogens is 1. The first kappa shape index (κ1) is 10.7. The number of carbonyl (C=O) groups is 1. The predicted octanol–water partition coefficient (Wildman–Crippen LogP) is 0.833. The Bertz CT molecular complexity index is 151. The molecule has 0 aromatic heterocycles. The molecule has 1 heterocycles. The van der Waals surface area contributed by atoms with E-state index in [0.29, 0.717) is 5.92 Å². The molecule has 0 aliphatic carbocycles. The number of hydrogen-bond acceptors (Lipinski definition) is 2. The predicted molar refractivity (Wildman–Crippen MR) is 45.1 cm³/mol. The normalized spacial score (nSPS) is 31.5. The van der Waals surface area contributed by atoms with E-state index in [4.69, 9.17) is 5.11 Å². The van der Waals surface area contributed by atoms with Crippen LogP contribution in [0.5, 0.6) is 0 Å². The Kier molecular flexibility index (Phi) is 3.83. The van der Waals surface area contributed by atoms with Crippen LogP contribution in [0.15, 0.2) is 0 Å². The lowest BCUT2D eigenvalue weighted by molar-refractivity contribution is -0.141. The second kappa shape index (κ2) is 3.93. The molecule has 1 saturated heterocycles. The summed E-state index contributed by atoms with van der Waals surface area (Å²) < 4.78 is 0. The van der Waals surface area contributed by atoms with E-state index >= 15 is 0 Å². The number of likely N-dealkylation sites (tertiary alicyclic amines) is 1. The van der Waals surface area contributed by atoms with Crippen molar-refractivity contribution in [3.05, 3.63) is 0 Å². The molecule has 66 valence electrons. The molecule has 4 heteroatoms. The van der Waals surface area contributed by atoms with Crippen LogP contribution in [0.25, 0.3) is 0 Å². The summed E-state index contributed by atoms with van der Waals surface area (Å²) in [6.45, 7) is 3.00. The highest BCUT2D eigenvalue weighted by Crippen LogP contribution is 2.20. The molecule has 1 fully saturated rings. The quantitative estimate of drug-likeness (QED) is 0.649. The third-order valence-corrected chi connectivity index (χ3v) is 2.04. The first-order valence-electron chi connectivity index (χ1n) is 3.54. The van der Waals surface area contributed by atoms with Gasteiger partial charge in [0.15, 0.2) is 0 Å². The molecule has 2 atom stereocenters. The van der Waals surface area contributed by atoms with Crippen molar-refractivity contribution in [2.45, 2.75) is 19.4 Å². The van der Waals surface area contributed by atoms with Crippen molar-refractivity contribution in [3.8, 4) is 0 Å². The summed E-state index contributed by atoms with van der Waals surface area (Å²) in [6, 6.07) is -0.241. The maximum absolute atomic E-state index is 10.5. The fourth-order valence-electron chi connectivity index (χ4n) is 1.54.